The average Bonchev–Trinajstić information content (AvgIpc) is 3.39. The van der Waals surface area contributed by atoms with Gasteiger partial charge in [-0.3, -0.25) is 14.2 Å². The lowest BCUT2D eigenvalue weighted by molar-refractivity contribution is -0.118. The molecule has 0 bridgehead atoms. The Morgan fingerprint density at radius 2 is 2.20 bits per heavy atom. The highest BCUT2D eigenvalue weighted by Crippen LogP contribution is 2.22. The van der Waals surface area contributed by atoms with Crippen molar-refractivity contribution >= 4 is 40.2 Å². The van der Waals surface area contributed by atoms with Crippen LogP contribution in [-0.4, -0.2) is 27.3 Å². The lowest BCUT2D eigenvalue weighted by Gasteiger charge is -2.13. The first-order valence-electron chi connectivity index (χ1n) is 8.70. The summed E-state index contributed by atoms with van der Waals surface area (Å²) < 4.78 is 1.70. The maximum absolute atomic E-state index is 12.9. The zero-order valence-electron chi connectivity index (χ0n) is 14.3. The van der Waals surface area contributed by atoms with Crippen LogP contribution in [0.2, 0.25) is 5.02 Å². The molecular weight excluding hydrogens is 358 g/mol. The Bertz CT molecular complexity index is 833. The van der Waals surface area contributed by atoms with Gasteiger partial charge in [-0.1, -0.05) is 43.1 Å². The minimum atomic E-state index is -0.0668. The van der Waals surface area contributed by atoms with Crippen LogP contribution in [0.4, 0.5) is 0 Å². The number of hydrogen-bond acceptors (Lipinski definition) is 4. The molecule has 1 aliphatic rings. The van der Waals surface area contributed by atoms with Gasteiger partial charge in [-0.2, -0.15) is 0 Å². The third kappa shape index (κ3) is 4.76. The molecule has 3 rings (SSSR count). The number of benzene rings is 1. The van der Waals surface area contributed by atoms with Crippen molar-refractivity contribution in [2.75, 3.05) is 5.75 Å². The Labute approximate surface area is 156 Å². The number of amides is 1. The lowest BCUT2D eigenvalue weighted by atomic mass is 10.2. The molecule has 5 nitrogen and oxygen atoms in total. The van der Waals surface area contributed by atoms with Gasteiger partial charge < -0.3 is 5.32 Å². The predicted molar refractivity (Wildman–Crippen MR) is 102 cm³/mol. The first-order chi connectivity index (χ1) is 12.1. The normalized spacial score (nSPS) is 14.0. The molecule has 1 saturated carbocycles. The molecule has 7 heteroatoms. The van der Waals surface area contributed by atoms with Gasteiger partial charge in [0.25, 0.3) is 5.56 Å². The minimum Gasteiger partial charge on any atom is -0.353 e. The highest BCUT2D eigenvalue weighted by Gasteiger charge is 2.23. The maximum Gasteiger partial charge on any atom is 0.262 e. The summed E-state index contributed by atoms with van der Waals surface area (Å²) in [6.45, 7) is 2.74. The molecule has 1 N–H and O–H groups in total. The zero-order valence-corrected chi connectivity index (χ0v) is 15.8. The summed E-state index contributed by atoms with van der Waals surface area (Å²) in [5.41, 5.74) is 0.511. The molecule has 0 aliphatic heterocycles. The summed E-state index contributed by atoms with van der Waals surface area (Å²) in [4.78, 5) is 29.4. The van der Waals surface area contributed by atoms with E-state index in [0.717, 1.165) is 32.1 Å². The number of thioether (sulfide) groups is 1. The van der Waals surface area contributed by atoms with E-state index >= 15 is 0 Å². The number of nitrogens with zero attached hydrogens (tertiary/aromatic N) is 2. The van der Waals surface area contributed by atoms with E-state index in [2.05, 4.69) is 17.2 Å². The molecule has 134 valence electrons. The van der Waals surface area contributed by atoms with Crippen molar-refractivity contribution in [2.24, 2.45) is 0 Å². The molecule has 1 aliphatic carbocycles. The van der Waals surface area contributed by atoms with Gasteiger partial charge in [0.15, 0.2) is 5.16 Å². The molecule has 0 saturated heterocycles. The molecule has 1 heterocycles. The van der Waals surface area contributed by atoms with Crippen molar-refractivity contribution in [3.05, 3.63) is 33.6 Å². The van der Waals surface area contributed by atoms with Gasteiger partial charge in [0.05, 0.1) is 16.7 Å². The fourth-order valence-corrected chi connectivity index (χ4v) is 3.63. The first-order valence-corrected chi connectivity index (χ1v) is 10.1. The predicted octanol–water partition coefficient (Wildman–Crippen LogP) is 3.61. The van der Waals surface area contributed by atoms with Gasteiger partial charge in [-0.25, -0.2) is 4.98 Å². The quantitative estimate of drug-likeness (QED) is 0.432. The molecule has 25 heavy (non-hydrogen) atoms. The highest BCUT2D eigenvalue weighted by atomic mass is 35.5. The van der Waals surface area contributed by atoms with Crippen molar-refractivity contribution in [3.63, 3.8) is 0 Å². The van der Waals surface area contributed by atoms with Gasteiger partial charge in [-0.15, -0.1) is 0 Å². The van der Waals surface area contributed by atoms with E-state index in [-0.39, 0.29) is 17.2 Å². The van der Waals surface area contributed by atoms with E-state index in [9.17, 15) is 9.59 Å². The van der Waals surface area contributed by atoms with Crippen molar-refractivity contribution in [1.82, 2.24) is 14.9 Å². The van der Waals surface area contributed by atoms with Crippen molar-refractivity contribution in [3.8, 4) is 0 Å². The fourth-order valence-electron chi connectivity index (χ4n) is 2.63. The van der Waals surface area contributed by atoms with E-state index in [4.69, 9.17) is 11.6 Å². The van der Waals surface area contributed by atoms with Crippen LogP contribution in [0.3, 0.4) is 0 Å². The van der Waals surface area contributed by atoms with Crippen molar-refractivity contribution in [1.29, 1.82) is 0 Å². The van der Waals surface area contributed by atoms with Crippen LogP contribution in [0, 0.1) is 0 Å². The molecular formula is C18H22ClN3O2S. The summed E-state index contributed by atoms with van der Waals surface area (Å²) in [7, 11) is 0. The largest absolute Gasteiger partial charge is 0.353 e. The molecule has 0 radical (unpaired) electrons. The SMILES string of the molecule is CCCCCn1c(SCC(=O)NC2CC2)nc2cc(Cl)ccc2c1=O. The first kappa shape index (κ1) is 18.3. The van der Waals surface area contributed by atoms with Crippen LogP contribution >= 0.6 is 23.4 Å². The van der Waals surface area contributed by atoms with Gasteiger partial charge >= 0.3 is 0 Å². The Balaban J connectivity index is 1.87. The molecule has 1 fully saturated rings. The van der Waals surface area contributed by atoms with Crippen LogP contribution in [0.25, 0.3) is 10.9 Å². The molecule has 0 atom stereocenters. The number of nitrogens with one attached hydrogen (secondary N) is 1. The minimum absolute atomic E-state index is 0.00644. The number of unbranched alkanes of at least 4 members (excludes halogenated alkanes) is 2. The molecule has 1 aromatic carbocycles. The third-order valence-electron chi connectivity index (χ3n) is 4.14. The summed E-state index contributed by atoms with van der Waals surface area (Å²) in [5.74, 6) is 0.260. The summed E-state index contributed by atoms with van der Waals surface area (Å²) in [6, 6.07) is 5.46. The van der Waals surface area contributed by atoms with Gasteiger partial charge in [0.2, 0.25) is 5.91 Å². The number of carbonyl (C=O) groups is 1. The van der Waals surface area contributed by atoms with Crippen LogP contribution in [0.15, 0.2) is 28.2 Å². The van der Waals surface area contributed by atoms with Crippen LogP contribution in [0.1, 0.15) is 39.0 Å². The number of fused-ring (bicyclic) bond motifs is 1. The molecule has 0 unspecified atom stereocenters. The zero-order chi connectivity index (χ0) is 17.8. The van der Waals surface area contributed by atoms with Crippen LogP contribution in [-0.2, 0) is 11.3 Å². The lowest BCUT2D eigenvalue weighted by Crippen LogP contribution is -2.28. The number of hydrogen-bond donors (Lipinski definition) is 1. The van der Waals surface area contributed by atoms with Crippen molar-refractivity contribution in [2.45, 2.75) is 56.8 Å². The van der Waals surface area contributed by atoms with E-state index < -0.39 is 0 Å². The topological polar surface area (TPSA) is 64.0 Å². The van der Waals surface area contributed by atoms with Crippen LogP contribution < -0.4 is 10.9 Å². The monoisotopic (exact) mass is 379 g/mol. The number of carbonyl (C=O) groups excluding carboxylic acids is 1. The molecule has 1 aromatic heterocycles. The summed E-state index contributed by atoms with van der Waals surface area (Å²) >= 11 is 7.35. The van der Waals surface area contributed by atoms with Gasteiger partial charge in [0, 0.05) is 17.6 Å². The van der Waals surface area contributed by atoms with E-state index in [1.807, 2.05) is 0 Å². The number of halogens is 1. The van der Waals surface area contributed by atoms with E-state index in [0.29, 0.717) is 33.7 Å². The Hall–Kier alpha value is -1.53. The highest BCUT2D eigenvalue weighted by molar-refractivity contribution is 7.99. The number of aromatic nitrogens is 2. The van der Waals surface area contributed by atoms with Gasteiger partial charge in [-0.05, 0) is 37.5 Å². The van der Waals surface area contributed by atoms with E-state index in [1.165, 1.54) is 11.8 Å². The maximum atomic E-state index is 12.9. The Kier molecular flexibility index (Phi) is 6.02. The smallest absolute Gasteiger partial charge is 0.262 e. The van der Waals surface area contributed by atoms with Crippen molar-refractivity contribution < 1.29 is 4.79 Å². The number of rotatable bonds is 8. The summed E-state index contributed by atoms with van der Waals surface area (Å²) in [6.07, 6.45) is 5.17. The Morgan fingerprint density at radius 3 is 2.92 bits per heavy atom. The second-order valence-corrected chi connectivity index (χ2v) is 7.73. The molecule has 0 spiro atoms. The fraction of sp³-hybridized carbons (Fsp3) is 0.500. The molecule has 2 aromatic rings. The van der Waals surface area contributed by atoms with Crippen LogP contribution in [0.5, 0.6) is 0 Å². The summed E-state index contributed by atoms with van der Waals surface area (Å²) in [5, 5.41) is 4.66. The van der Waals surface area contributed by atoms with E-state index in [1.54, 1.807) is 22.8 Å². The van der Waals surface area contributed by atoms with Gasteiger partial charge in [0.1, 0.15) is 0 Å². The second-order valence-electron chi connectivity index (χ2n) is 6.35. The average molecular weight is 380 g/mol. The molecule has 1 amide bonds. The second kappa shape index (κ2) is 8.23. The standard InChI is InChI=1S/C18H22ClN3O2S/c1-2-3-4-9-22-17(24)14-8-5-12(19)10-15(14)21-18(22)25-11-16(23)20-13-6-7-13/h5,8,10,13H,2-4,6-7,9,11H2,1H3,(H,20,23). The Morgan fingerprint density at radius 1 is 1.40 bits per heavy atom. The third-order valence-corrected chi connectivity index (χ3v) is 5.35.